The average molecular weight is 1480 g/mol. The highest BCUT2D eigenvalue weighted by Gasteiger charge is 2.34. The van der Waals surface area contributed by atoms with E-state index in [2.05, 4.69) is 354 Å². The lowest BCUT2D eigenvalue weighted by Crippen LogP contribution is -2.38. The molecule has 0 N–H and O–H groups in total. The predicted octanol–water partition coefficient (Wildman–Crippen LogP) is 17.9. The van der Waals surface area contributed by atoms with E-state index in [4.69, 9.17) is 8.83 Å². The topological polar surface area (TPSA) is 88.0 Å². The van der Waals surface area contributed by atoms with Crippen LogP contribution in [0.3, 0.4) is 0 Å². The Morgan fingerprint density at radius 1 is 0.346 bits per heavy atom. The lowest BCUT2D eigenvalue weighted by Gasteiger charge is -2.07. The first-order chi connectivity index (χ1) is 51.9. The zero-order chi connectivity index (χ0) is 74.1. The second kappa shape index (κ2) is 28.7. The third-order valence-corrected chi connectivity index (χ3v) is 25.3. The molecule has 12 aromatic heterocycles. The van der Waals surface area contributed by atoms with Crippen molar-refractivity contribution < 1.29 is 45.4 Å². The number of hydrogen-bond donors (Lipinski definition) is 0. The van der Waals surface area contributed by atoms with Crippen molar-refractivity contribution in [3.63, 3.8) is 0 Å². The summed E-state index contributed by atoms with van der Waals surface area (Å²) in [5.41, 5.74) is 27.1. The number of fused-ring (bicyclic) bond motifs is 9. The summed E-state index contributed by atoms with van der Waals surface area (Å²) in [6.07, 6.45) is 2.08. The van der Waals surface area contributed by atoms with Crippen molar-refractivity contribution in [1.29, 1.82) is 0 Å². The van der Waals surface area contributed by atoms with E-state index in [-0.39, 0.29) is 0 Å². The summed E-state index contributed by atoms with van der Waals surface area (Å²) in [5.74, 6) is 0. The summed E-state index contributed by atoms with van der Waals surface area (Å²) in [6.45, 7) is 10.5. The van der Waals surface area contributed by atoms with Crippen LogP contribution in [0.25, 0.3) is 163 Å². The molecule has 19 rings (SSSR count). The van der Waals surface area contributed by atoms with Crippen molar-refractivity contribution in [2.45, 2.75) is 34.6 Å². The average Bonchev–Trinajstić information content (AvgIpc) is 1.66. The maximum atomic E-state index is 6.38. The molecule has 0 radical (unpaired) electrons. The third-order valence-electron chi connectivity index (χ3n) is 20.6. The highest BCUT2D eigenvalue weighted by Crippen LogP contribution is 2.40. The van der Waals surface area contributed by atoms with E-state index in [0.29, 0.717) is 5.71 Å². The van der Waals surface area contributed by atoms with Gasteiger partial charge in [-0.05, 0) is 124 Å². The fourth-order valence-electron chi connectivity index (χ4n) is 14.9. The van der Waals surface area contributed by atoms with Gasteiger partial charge in [0, 0.05) is 107 Å². The number of nitrogens with zero attached hydrogens (tertiary/aromatic N) is 11. The molecule has 17 heteroatoms. The van der Waals surface area contributed by atoms with E-state index in [9.17, 15) is 0 Å². The number of hydrogen-bond acceptors (Lipinski definition) is 8. The van der Waals surface area contributed by atoms with Crippen LogP contribution in [0, 0.1) is 34.6 Å². The molecule has 19 aromatic rings. The molecule has 0 aliphatic heterocycles. The summed E-state index contributed by atoms with van der Waals surface area (Å²) in [7, 11) is 19.0. The number of thiazole rings is 4. The Balaban J connectivity index is 0.000000111. The fourth-order valence-corrected chi connectivity index (χ4v) is 19.5. The van der Waals surface area contributed by atoms with Gasteiger partial charge in [0.25, 0.3) is 22.8 Å². The van der Waals surface area contributed by atoms with Gasteiger partial charge in [-0.3, -0.25) is 4.68 Å². The largest absolute Gasteiger partial charge is 0.455 e. The summed E-state index contributed by atoms with van der Waals surface area (Å²) < 4.78 is 36.6. The van der Waals surface area contributed by atoms with Gasteiger partial charge in [-0.15, -0.1) is 0 Å². The standard InChI is InChI=1S/C27H23N3OS.C27H22N2OS.C21H20N2S.C15H18N4S/c1-16-12-14-18-19-15-13-17(2)28-26(19)31-25(18)24(16)21-9-7-10-22(29(21)3)27-30(4)20-8-5-6-11-23(20)32-27;1-17-15-16-19-18-9-4-6-13-23(18)30-26(19)25(17)21-11-8-12-22(28(21)2)27-29(3)20-10-5-7-14-24(20)31-27;1-15-9-4-5-10-16(15)17-12-8-13-19(22(17)2)21-23(3)18-11-6-7-14-20(18)24-21;1-11-10-14(19(4)16-11)12-6-5-7-13(18(12)3)15-17(2)8-9-20-15/h5-15H,1-4H3;4-16H,1-3H3;4-14H,1-3H3;5-10H,1-4H3/q4*+2. The summed E-state index contributed by atoms with van der Waals surface area (Å²) in [5, 5.41) is 16.0. The molecular weight excluding hydrogens is 1400 g/mol. The molecule has 0 bridgehead atoms. The van der Waals surface area contributed by atoms with E-state index < -0.39 is 0 Å². The van der Waals surface area contributed by atoms with Gasteiger partial charge >= 0.3 is 20.0 Å². The molecule has 0 aliphatic carbocycles. The Bertz CT molecular complexity index is 6680. The number of aryl methyl sites for hydroxylation is 10. The van der Waals surface area contributed by atoms with Crippen LogP contribution in [0.4, 0.5) is 0 Å². The van der Waals surface area contributed by atoms with Crippen molar-refractivity contribution >= 4 is 120 Å². The second-order valence-electron chi connectivity index (χ2n) is 27.4. The number of furan rings is 2. The number of aromatic nitrogens is 11. The monoisotopic (exact) mass is 1480 g/mol. The van der Waals surface area contributed by atoms with Crippen LogP contribution in [0.1, 0.15) is 28.1 Å². The van der Waals surface area contributed by atoms with Crippen LogP contribution in [-0.2, 0) is 63.4 Å². The van der Waals surface area contributed by atoms with Crippen molar-refractivity contribution in [3.8, 4) is 88.0 Å². The molecule has 0 fully saturated rings. The first-order valence-electron chi connectivity index (χ1n) is 35.7. The van der Waals surface area contributed by atoms with Gasteiger partial charge in [0.2, 0.25) is 45.0 Å². The lowest BCUT2D eigenvalue weighted by atomic mass is 10.0. The number of para-hydroxylation sites is 4. The Hall–Kier alpha value is -11.6. The molecule has 13 nitrogen and oxygen atoms in total. The van der Waals surface area contributed by atoms with Gasteiger partial charge in [-0.25, -0.2) is 4.98 Å². The zero-order valence-corrected chi connectivity index (χ0v) is 65.8. The molecule has 0 spiro atoms. The van der Waals surface area contributed by atoms with Gasteiger partial charge in [-0.1, -0.05) is 142 Å². The van der Waals surface area contributed by atoms with E-state index in [0.717, 1.165) is 77.9 Å². The van der Waals surface area contributed by atoms with Crippen LogP contribution in [0.2, 0.25) is 0 Å². The van der Waals surface area contributed by atoms with Crippen LogP contribution < -0.4 is 36.5 Å². The summed E-state index contributed by atoms with van der Waals surface area (Å²) >= 11 is 7.23. The Morgan fingerprint density at radius 3 is 1.28 bits per heavy atom. The number of rotatable bonds is 8. The first kappa shape index (κ1) is 69.8. The van der Waals surface area contributed by atoms with Gasteiger partial charge in [-0.2, -0.15) is 41.6 Å². The minimum Gasteiger partial charge on any atom is -0.455 e. The van der Waals surface area contributed by atoms with Crippen molar-refractivity contribution in [1.82, 2.24) is 14.8 Å². The van der Waals surface area contributed by atoms with Gasteiger partial charge < -0.3 is 8.83 Å². The molecular formula is C90H83N11O2S4+8. The SMILES string of the molecule is Cc1cc(-c2cccc(-c3scc[n+]3C)[n+]2C)n(C)n1.Cc1ccc2c(n1)oc1c(-c3cccc(-c4sc5ccccc5[n+]4C)[n+]3C)c(C)ccc12.Cc1ccc2c(oc3ccccc32)c1-c1cccc(-c2sc3ccccc3[n+]2C)[n+]1C.Cc1ccccc1-c1cccc(-c2sc3ccccc3[n+]2C)[n+]1C. The minimum absolute atomic E-state index is 0.696. The zero-order valence-electron chi connectivity index (χ0n) is 62.5. The Labute approximate surface area is 637 Å². The Kier molecular flexibility index (Phi) is 18.7. The van der Waals surface area contributed by atoms with Crippen LogP contribution >= 0.6 is 45.3 Å². The smallest absolute Gasteiger partial charge is 0.335 e. The Morgan fingerprint density at radius 2 is 0.776 bits per heavy atom. The van der Waals surface area contributed by atoms with Crippen molar-refractivity contribution in [2.75, 3.05) is 0 Å². The maximum Gasteiger partial charge on any atom is 0.335 e. The predicted molar refractivity (Wildman–Crippen MR) is 435 cm³/mol. The highest BCUT2D eigenvalue weighted by atomic mass is 32.1. The number of pyridine rings is 5. The van der Waals surface area contributed by atoms with Crippen LogP contribution in [-0.4, -0.2) is 14.8 Å². The molecule has 0 unspecified atom stereocenters. The fraction of sp³-hybridized carbons (Fsp3) is 0.156. The van der Waals surface area contributed by atoms with E-state index >= 15 is 0 Å². The molecule has 0 saturated carbocycles. The van der Waals surface area contributed by atoms with Crippen molar-refractivity contribution in [2.24, 2.45) is 63.4 Å². The number of benzene rings is 7. The summed E-state index contributed by atoms with van der Waals surface area (Å²) in [6, 6.07) is 83.5. The molecule has 0 amide bonds. The maximum absolute atomic E-state index is 6.38. The molecule has 7 aromatic carbocycles. The van der Waals surface area contributed by atoms with E-state index in [1.807, 2.05) is 77.8 Å². The van der Waals surface area contributed by atoms with E-state index in [1.54, 1.807) is 11.3 Å². The van der Waals surface area contributed by atoms with Gasteiger partial charge in [0.15, 0.2) is 11.8 Å². The molecule has 107 heavy (non-hydrogen) atoms. The lowest BCUT2D eigenvalue weighted by molar-refractivity contribution is -0.682. The molecule has 12 heterocycles. The normalized spacial score (nSPS) is 11.5. The molecule has 0 saturated heterocycles. The molecule has 0 atom stereocenters. The quantitative estimate of drug-likeness (QED) is 0.142. The van der Waals surface area contributed by atoms with Crippen molar-refractivity contribution in [3.05, 3.63) is 276 Å². The molecule has 526 valence electrons. The van der Waals surface area contributed by atoms with Gasteiger partial charge in [0.05, 0.1) is 22.2 Å². The highest BCUT2D eigenvalue weighted by molar-refractivity contribution is 7.21. The first-order valence-corrected chi connectivity index (χ1v) is 39.0. The second-order valence-corrected chi connectivity index (χ2v) is 31.4. The summed E-state index contributed by atoms with van der Waals surface area (Å²) in [4.78, 5) is 4.63. The third kappa shape index (κ3) is 12.7. The molecule has 0 aliphatic rings. The van der Waals surface area contributed by atoms with Gasteiger partial charge in [0.1, 0.15) is 87.3 Å². The minimum atomic E-state index is 0.696. The van der Waals surface area contributed by atoms with Crippen LogP contribution in [0.15, 0.2) is 257 Å². The van der Waals surface area contributed by atoms with Crippen LogP contribution in [0.5, 0.6) is 0 Å². The van der Waals surface area contributed by atoms with E-state index in [1.165, 1.54) is 107 Å².